The number of H-pyrrole nitrogens is 1. The maximum atomic E-state index is 10.7. The van der Waals surface area contributed by atoms with Crippen molar-refractivity contribution in [3.8, 4) is 11.3 Å². The maximum Gasteiger partial charge on any atom is 0.313 e. The van der Waals surface area contributed by atoms with Crippen LogP contribution in [0.15, 0.2) is 41.6 Å². The van der Waals surface area contributed by atoms with Crippen LogP contribution in [0.2, 0.25) is 0 Å². The highest BCUT2D eigenvalue weighted by Gasteiger charge is 2.15. The third-order valence-corrected chi connectivity index (χ3v) is 4.51. The van der Waals surface area contributed by atoms with Gasteiger partial charge in [-0.05, 0) is 45.0 Å². The molecule has 1 aromatic carbocycles. The van der Waals surface area contributed by atoms with Crippen molar-refractivity contribution in [1.82, 2.24) is 14.8 Å². The molecule has 0 amide bonds. The molecule has 2 heterocycles. The average Bonchev–Trinajstić information content (AvgIpc) is 3.10. The Morgan fingerprint density at radius 1 is 1.35 bits per heavy atom. The van der Waals surface area contributed by atoms with Gasteiger partial charge in [0.25, 0.3) is 0 Å². The lowest BCUT2D eigenvalue weighted by molar-refractivity contribution is -0.133. The fraction of sp³-hybridized carbons (Fsp3) is 0.294. The van der Waals surface area contributed by atoms with E-state index in [1.54, 1.807) is 0 Å². The van der Waals surface area contributed by atoms with Crippen LogP contribution in [0.1, 0.15) is 20.8 Å². The number of carboxylic acids is 1. The maximum absolute atomic E-state index is 10.7. The molecule has 0 bridgehead atoms. The molecule has 2 N–H and O–H groups in total. The highest BCUT2D eigenvalue weighted by Crippen LogP contribution is 2.28. The second kappa shape index (κ2) is 5.77. The van der Waals surface area contributed by atoms with Gasteiger partial charge in [0, 0.05) is 33.3 Å². The molecular formula is C17H19N3O2S. The van der Waals surface area contributed by atoms with Gasteiger partial charge in [-0.1, -0.05) is 0 Å². The minimum atomic E-state index is -0.806. The molecule has 120 valence electrons. The van der Waals surface area contributed by atoms with Crippen molar-refractivity contribution in [2.75, 3.05) is 5.75 Å². The van der Waals surface area contributed by atoms with Crippen molar-refractivity contribution >= 4 is 28.6 Å². The largest absolute Gasteiger partial charge is 0.481 e. The molecule has 0 fully saturated rings. The number of carboxylic acid groups (broad SMARTS) is 1. The van der Waals surface area contributed by atoms with Crippen LogP contribution in [0.3, 0.4) is 0 Å². The zero-order valence-electron chi connectivity index (χ0n) is 13.3. The van der Waals surface area contributed by atoms with Crippen molar-refractivity contribution in [1.29, 1.82) is 0 Å². The Kier molecular flexibility index (Phi) is 3.93. The van der Waals surface area contributed by atoms with E-state index in [0.717, 1.165) is 27.1 Å². The van der Waals surface area contributed by atoms with Crippen LogP contribution in [-0.2, 0) is 10.3 Å². The van der Waals surface area contributed by atoms with Crippen LogP contribution in [0.25, 0.3) is 22.2 Å². The molecule has 0 spiro atoms. The van der Waals surface area contributed by atoms with Gasteiger partial charge in [0.2, 0.25) is 0 Å². The molecular weight excluding hydrogens is 310 g/mol. The summed E-state index contributed by atoms with van der Waals surface area (Å²) in [4.78, 5) is 15.0. The lowest BCUT2D eigenvalue weighted by atomic mass is 10.1. The summed E-state index contributed by atoms with van der Waals surface area (Å²) in [6.45, 7) is 6.34. The topological polar surface area (TPSA) is 70.9 Å². The second-order valence-electron chi connectivity index (χ2n) is 6.46. The fourth-order valence-corrected chi connectivity index (χ4v) is 2.99. The van der Waals surface area contributed by atoms with E-state index in [2.05, 4.69) is 36.9 Å². The first-order valence-corrected chi connectivity index (χ1v) is 8.34. The number of nitrogens with one attached hydrogen (secondary N) is 1. The Balaban J connectivity index is 1.90. The van der Waals surface area contributed by atoms with E-state index in [9.17, 15) is 4.79 Å². The third-order valence-electron chi connectivity index (χ3n) is 3.54. The lowest BCUT2D eigenvalue weighted by Gasteiger charge is -2.18. The number of aromatic amines is 1. The predicted octanol–water partition coefficient (Wildman–Crippen LogP) is 3.96. The fourth-order valence-electron chi connectivity index (χ4n) is 2.33. The number of fused-ring (bicyclic) bond motifs is 1. The monoisotopic (exact) mass is 329 g/mol. The number of thioether (sulfide) groups is 1. The van der Waals surface area contributed by atoms with Gasteiger partial charge < -0.3 is 10.1 Å². The first-order valence-electron chi connectivity index (χ1n) is 7.36. The summed E-state index contributed by atoms with van der Waals surface area (Å²) in [5.74, 6) is -0.735. The molecule has 0 saturated heterocycles. The summed E-state index contributed by atoms with van der Waals surface area (Å²) in [6, 6.07) is 8.01. The summed E-state index contributed by atoms with van der Waals surface area (Å²) >= 11 is 1.33. The number of hydrogen-bond acceptors (Lipinski definition) is 3. The molecule has 0 unspecified atom stereocenters. The molecule has 3 rings (SSSR count). The summed E-state index contributed by atoms with van der Waals surface area (Å²) in [7, 11) is 0. The van der Waals surface area contributed by atoms with Gasteiger partial charge in [0.05, 0.1) is 17.5 Å². The Bertz CT molecular complexity index is 858. The first-order chi connectivity index (χ1) is 10.8. The van der Waals surface area contributed by atoms with E-state index in [-0.39, 0.29) is 11.3 Å². The summed E-state index contributed by atoms with van der Waals surface area (Å²) < 4.78 is 1.95. The highest BCUT2D eigenvalue weighted by atomic mass is 32.2. The zero-order valence-corrected chi connectivity index (χ0v) is 14.1. The van der Waals surface area contributed by atoms with Crippen molar-refractivity contribution < 1.29 is 9.90 Å². The van der Waals surface area contributed by atoms with Gasteiger partial charge in [-0.15, -0.1) is 11.8 Å². The van der Waals surface area contributed by atoms with Gasteiger partial charge in [-0.3, -0.25) is 9.48 Å². The van der Waals surface area contributed by atoms with Crippen molar-refractivity contribution in [2.24, 2.45) is 0 Å². The lowest BCUT2D eigenvalue weighted by Crippen LogP contribution is -2.21. The number of nitrogens with zero attached hydrogens (tertiary/aromatic N) is 2. The van der Waals surface area contributed by atoms with Crippen molar-refractivity contribution in [2.45, 2.75) is 31.2 Å². The minimum Gasteiger partial charge on any atom is -0.481 e. The predicted molar refractivity (Wildman–Crippen MR) is 92.9 cm³/mol. The number of aromatic nitrogens is 3. The van der Waals surface area contributed by atoms with Gasteiger partial charge in [-0.2, -0.15) is 5.10 Å². The summed E-state index contributed by atoms with van der Waals surface area (Å²) in [5, 5.41) is 14.3. The Labute approximate surface area is 138 Å². The Morgan fingerprint density at radius 3 is 2.78 bits per heavy atom. The molecule has 0 aliphatic heterocycles. The van der Waals surface area contributed by atoms with Crippen LogP contribution in [0.5, 0.6) is 0 Å². The van der Waals surface area contributed by atoms with E-state index in [1.807, 2.05) is 35.3 Å². The Hall–Kier alpha value is -2.21. The molecule has 0 radical (unpaired) electrons. The SMILES string of the molecule is CC(C)(C)n1cc(-c2cc3cc(SCC(=O)O)ccc3[nH]2)cn1. The normalized spacial score (nSPS) is 12.0. The average molecular weight is 329 g/mol. The van der Waals surface area contributed by atoms with Gasteiger partial charge in [0.1, 0.15) is 0 Å². The van der Waals surface area contributed by atoms with Crippen molar-refractivity contribution in [3.05, 3.63) is 36.7 Å². The van der Waals surface area contributed by atoms with E-state index >= 15 is 0 Å². The molecule has 6 heteroatoms. The van der Waals surface area contributed by atoms with Gasteiger partial charge in [0.15, 0.2) is 0 Å². The number of carbonyl (C=O) groups is 1. The molecule has 2 aromatic heterocycles. The molecule has 0 atom stereocenters. The number of hydrogen-bond donors (Lipinski definition) is 2. The Morgan fingerprint density at radius 2 is 2.13 bits per heavy atom. The van der Waals surface area contributed by atoms with E-state index < -0.39 is 5.97 Å². The van der Waals surface area contributed by atoms with Crippen LogP contribution in [0.4, 0.5) is 0 Å². The highest BCUT2D eigenvalue weighted by molar-refractivity contribution is 8.00. The summed E-state index contributed by atoms with van der Waals surface area (Å²) in [5.41, 5.74) is 3.03. The standard InChI is InChI=1S/C17H19N3O2S/c1-17(2,3)20-9-12(8-18-20)15-7-11-6-13(23-10-16(21)22)4-5-14(11)19-15/h4-9,19H,10H2,1-3H3,(H,21,22). The van der Waals surface area contributed by atoms with Crippen LogP contribution in [0, 0.1) is 0 Å². The van der Waals surface area contributed by atoms with Crippen LogP contribution in [-0.4, -0.2) is 31.6 Å². The molecule has 23 heavy (non-hydrogen) atoms. The van der Waals surface area contributed by atoms with Crippen molar-refractivity contribution in [3.63, 3.8) is 0 Å². The first kappa shape index (κ1) is 15.7. The molecule has 0 aliphatic carbocycles. The zero-order chi connectivity index (χ0) is 16.6. The third kappa shape index (κ3) is 3.42. The molecule has 3 aromatic rings. The summed E-state index contributed by atoms with van der Waals surface area (Å²) in [6.07, 6.45) is 3.89. The smallest absolute Gasteiger partial charge is 0.313 e. The minimum absolute atomic E-state index is 0.0507. The number of aliphatic carboxylic acids is 1. The second-order valence-corrected chi connectivity index (χ2v) is 7.51. The molecule has 0 saturated carbocycles. The number of benzene rings is 1. The molecule has 5 nitrogen and oxygen atoms in total. The van der Waals surface area contributed by atoms with E-state index in [1.165, 1.54) is 11.8 Å². The van der Waals surface area contributed by atoms with E-state index in [4.69, 9.17) is 5.11 Å². The van der Waals surface area contributed by atoms with E-state index in [0.29, 0.717) is 0 Å². The van der Waals surface area contributed by atoms with Gasteiger partial charge >= 0.3 is 5.97 Å². The van der Waals surface area contributed by atoms with Crippen LogP contribution >= 0.6 is 11.8 Å². The van der Waals surface area contributed by atoms with Crippen LogP contribution < -0.4 is 0 Å². The quantitative estimate of drug-likeness (QED) is 0.711. The van der Waals surface area contributed by atoms with Gasteiger partial charge in [-0.25, -0.2) is 0 Å². The molecule has 0 aliphatic rings. The number of rotatable bonds is 4.